The van der Waals surface area contributed by atoms with Crippen LogP contribution < -0.4 is 5.32 Å². The molecule has 1 saturated carbocycles. The van der Waals surface area contributed by atoms with E-state index < -0.39 is 0 Å². The van der Waals surface area contributed by atoms with Gasteiger partial charge >= 0.3 is 0 Å². The molecule has 0 amide bonds. The van der Waals surface area contributed by atoms with Crippen molar-refractivity contribution in [2.24, 2.45) is 11.8 Å². The number of rotatable bonds is 3. The monoisotopic (exact) mass is 218 g/mol. The second-order valence-corrected chi connectivity index (χ2v) is 5.22. The van der Waals surface area contributed by atoms with Crippen LogP contribution in [-0.4, -0.2) is 11.0 Å². The number of nitrogens with zero attached hydrogens (tertiary/aromatic N) is 1. The predicted molar refractivity (Wildman–Crippen MR) is 68.4 cm³/mol. The van der Waals surface area contributed by atoms with Gasteiger partial charge in [0.25, 0.3) is 0 Å². The first kappa shape index (κ1) is 11.4. The van der Waals surface area contributed by atoms with Gasteiger partial charge in [0.05, 0.1) is 0 Å². The second-order valence-electron chi connectivity index (χ2n) is 5.22. The van der Waals surface area contributed by atoms with E-state index in [2.05, 4.69) is 30.2 Å². The van der Waals surface area contributed by atoms with Crippen LogP contribution in [0.2, 0.25) is 0 Å². The average Bonchev–Trinajstić information content (AvgIpc) is 2.31. The number of anilines is 1. The summed E-state index contributed by atoms with van der Waals surface area (Å²) < 4.78 is 0. The van der Waals surface area contributed by atoms with Crippen molar-refractivity contribution in [2.75, 3.05) is 5.32 Å². The topological polar surface area (TPSA) is 24.9 Å². The molecule has 2 heteroatoms. The number of hydrogen-bond donors (Lipinski definition) is 1. The smallest absolute Gasteiger partial charge is 0.126 e. The first-order valence-corrected chi connectivity index (χ1v) is 6.43. The van der Waals surface area contributed by atoms with Gasteiger partial charge in [-0.2, -0.15) is 0 Å². The molecule has 16 heavy (non-hydrogen) atoms. The van der Waals surface area contributed by atoms with Crippen molar-refractivity contribution in [3.05, 3.63) is 24.4 Å². The molecular formula is C14H22N2. The van der Waals surface area contributed by atoms with Crippen molar-refractivity contribution < 1.29 is 0 Å². The van der Waals surface area contributed by atoms with Crippen molar-refractivity contribution in [1.29, 1.82) is 0 Å². The molecule has 1 N–H and O–H groups in total. The summed E-state index contributed by atoms with van der Waals surface area (Å²) in [5, 5.41) is 3.53. The van der Waals surface area contributed by atoms with Gasteiger partial charge in [-0.15, -0.1) is 0 Å². The molecule has 2 nitrogen and oxygen atoms in total. The number of nitrogens with one attached hydrogen (secondary N) is 1. The lowest BCUT2D eigenvalue weighted by atomic mass is 9.80. The van der Waals surface area contributed by atoms with Crippen molar-refractivity contribution in [3.63, 3.8) is 0 Å². The molecule has 1 aliphatic carbocycles. The first-order valence-electron chi connectivity index (χ1n) is 6.43. The van der Waals surface area contributed by atoms with E-state index >= 15 is 0 Å². The normalized spacial score (nSPS) is 25.7. The Balaban J connectivity index is 1.82. The maximum atomic E-state index is 4.32. The van der Waals surface area contributed by atoms with Crippen molar-refractivity contribution in [1.82, 2.24) is 4.98 Å². The molecule has 1 fully saturated rings. The quantitative estimate of drug-likeness (QED) is 0.836. The zero-order valence-corrected chi connectivity index (χ0v) is 10.3. The van der Waals surface area contributed by atoms with Gasteiger partial charge in [0.15, 0.2) is 0 Å². The molecule has 0 bridgehead atoms. The fourth-order valence-corrected chi connectivity index (χ4v) is 2.59. The van der Waals surface area contributed by atoms with E-state index in [-0.39, 0.29) is 0 Å². The highest BCUT2D eigenvalue weighted by Crippen LogP contribution is 2.30. The molecule has 0 aliphatic heterocycles. The molecule has 0 radical (unpaired) electrons. The van der Waals surface area contributed by atoms with Gasteiger partial charge in [0, 0.05) is 12.2 Å². The summed E-state index contributed by atoms with van der Waals surface area (Å²) in [5.74, 6) is 2.80. The molecule has 1 aromatic rings. The third-order valence-corrected chi connectivity index (χ3v) is 3.73. The van der Waals surface area contributed by atoms with Gasteiger partial charge in [-0.1, -0.05) is 19.9 Å². The fraction of sp³-hybridized carbons (Fsp3) is 0.643. The van der Waals surface area contributed by atoms with E-state index in [0.29, 0.717) is 6.04 Å². The van der Waals surface area contributed by atoms with Gasteiger partial charge in [-0.05, 0) is 49.7 Å². The lowest BCUT2D eigenvalue weighted by Crippen LogP contribution is -2.28. The van der Waals surface area contributed by atoms with Gasteiger partial charge in [0.1, 0.15) is 5.82 Å². The SMILES string of the molecule is CC(C)C1CCC(Nc2ccccn2)CC1. The summed E-state index contributed by atoms with van der Waals surface area (Å²) in [4.78, 5) is 4.32. The molecule has 1 aromatic heterocycles. The summed E-state index contributed by atoms with van der Waals surface area (Å²) >= 11 is 0. The predicted octanol–water partition coefficient (Wildman–Crippen LogP) is 3.71. The molecule has 1 aliphatic rings. The van der Waals surface area contributed by atoms with E-state index in [1.165, 1.54) is 25.7 Å². The Labute approximate surface area is 98.5 Å². The molecule has 0 atom stereocenters. The van der Waals surface area contributed by atoms with Crippen LogP contribution in [0, 0.1) is 11.8 Å². The highest BCUT2D eigenvalue weighted by Gasteiger charge is 2.22. The Morgan fingerprint density at radius 3 is 2.50 bits per heavy atom. The van der Waals surface area contributed by atoms with Crippen LogP contribution in [0.3, 0.4) is 0 Å². The van der Waals surface area contributed by atoms with E-state index in [1.807, 2.05) is 18.3 Å². The van der Waals surface area contributed by atoms with Crippen LogP contribution in [0.5, 0.6) is 0 Å². The number of hydrogen-bond acceptors (Lipinski definition) is 2. The Morgan fingerprint density at radius 1 is 1.19 bits per heavy atom. The standard InChI is InChI=1S/C14H22N2/c1-11(2)12-6-8-13(9-7-12)16-14-5-3-4-10-15-14/h3-5,10-13H,6-9H2,1-2H3,(H,15,16). The maximum Gasteiger partial charge on any atom is 0.126 e. The Kier molecular flexibility index (Phi) is 3.81. The van der Waals surface area contributed by atoms with Crippen LogP contribution >= 0.6 is 0 Å². The van der Waals surface area contributed by atoms with Crippen molar-refractivity contribution in [3.8, 4) is 0 Å². The zero-order chi connectivity index (χ0) is 11.4. The van der Waals surface area contributed by atoms with Crippen molar-refractivity contribution >= 4 is 5.82 Å². The third-order valence-electron chi connectivity index (χ3n) is 3.73. The van der Waals surface area contributed by atoms with Crippen molar-refractivity contribution in [2.45, 2.75) is 45.6 Å². The molecular weight excluding hydrogens is 196 g/mol. The van der Waals surface area contributed by atoms with E-state index in [4.69, 9.17) is 0 Å². The van der Waals surface area contributed by atoms with Crippen LogP contribution in [-0.2, 0) is 0 Å². The third kappa shape index (κ3) is 2.97. The Morgan fingerprint density at radius 2 is 1.94 bits per heavy atom. The average molecular weight is 218 g/mol. The Hall–Kier alpha value is -1.05. The molecule has 0 saturated heterocycles. The van der Waals surface area contributed by atoms with Crippen LogP contribution in [0.4, 0.5) is 5.82 Å². The molecule has 1 heterocycles. The summed E-state index contributed by atoms with van der Waals surface area (Å²) in [6, 6.07) is 6.68. The van der Waals surface area contributed by atoms with Gasteiger partial charge in [0.2, 0.25) is 0 Å². The molecule has 0 aromatic carbocycles. The van der Waals surface area contributed by atoms with Crippen LogP contribution in [0.25, 0.3) is 0 Å². The first-order chi connectivity index (χ1) is 7.75. The number of pyridine rings is 1. The van der Waals surface area contributed by atoms with E-state index in [1.54, 1.807) is 0 Å². The minimum Gasteiger partial charge on any atom is -0.367 e. The minimum absolute atomic E-state index is 0.630. The summed E-state index contributed by atoms with van der Waals surface area (Å²) in [6.07, 6.45) is 7.16. The maximum absolute atomic E-state index is 4.32. The molecule has 2 rings (SSSR count). The highest BCUT2D eigenvalue weighted by atomic mass is 15.0. The van der Waals surface area contributed by atoms with E-state index in [9.17, 15) is 0 Å². The lowest BCUT2D eigenvalue weighted by molar-refractivity contribution is 0.266. The fourth-order valence-electron chi connectivity index (χ4n) is 2.59. The largest absolute Gasteiger partial charge is 0.367 e. The lowest BCUT2D eigenvalue weighted by Gasteiger charge is -2.31. The molecule has 0 spiro atoms. The number of aromatic nitrogens is 1. The van der Waals surface area contributed by atoms with E-state index in [0.717, 1.165) is 17.7 Å². The Bertz CT molecular complexity index is 300. The van der Waals surface area contributed by atoms with Gasteiger partial charge in [-0.3, -0.25) is 0 Å². The summed E-state index contributed by atoms with van der Waals surface area (Å²) in [5.41, 5.74) is 0. The van der Waals surface area contributed by atoms with Crippen LogP contribution in [0.15, 0.2) is 24.4 Å². The minimum atomic E-state index is 0.630. The second kappa shape index (κ2) is 5.33. The van der Waals surface area contributed by atoms with Gasteiger partial charge < -0.3 is 5.32 Å². The molecule has 88 valence electrons. The molecule has 0 unspecified atom stereocenters. The van der Waals surface area contributed by atoms with Gasteiger partial charge in [-0.25, -0.2) is 4.98 Å². The van der Waals surface area contributed by atoms with Crippen LogP contribution in [0.1, 0.15) is 39.5 Å². The summed E-state index contributed by atoms with van der Waals surface area (Å²) in [7, 11) is 0. The highest BCUT2D eigenvalue weighted by molar-refractivity contribution is 5.34. The zero-order valence-electron chi connectivity index (χ0n) is 10.3. The summed E-state index contributed by atoms with van der Waals surface area (Å²) in [6.45, 7) is 4.69.